The highest BCUT2D eigenvalue weighted by Gasteiger charge is 2.66. The van der Waals surface area contributed by atoms with Crippen LogP contribution >= 0.6 is 0 Å². The lowest BCUT2D eigenvalue weighted by molar-refractivity contribution is -0.135. The van der Waals surface area contributed by atoms with Crippen molar-refractivity contribution in [2.75, 3.05) is 4.90 Å². The third-order valence-corrected chi connectivity index (χ3v) is 12.2. The molecule has 9 nitrogen and oxygen atoms in total. The van der Waals surface area contributed by atoms with Crippen molar-refractivity contribution >= 4 is 45.7 Å². The van der Waals surface area contributed by atoms with Gasteiger partial charge in [0.2, 0.25) is 17.7 Å². The summed E-state index contributed by atoms with van der Waals surface area (Å²) in [7, 11) is 0. The van der Waals surface area contributed by atoms with Gasteiger partial charge in [-0.1, -0.05) is 84.4 Å². The summed E-state index contributed by atoms with van der Waals surface area (Å²) >= 11 is 0. The van der Waals surface area contributed by atoms with E-state index in [9.17, 15) is 14.7 Å². The van der Waals surface area contributed by atoms with Crippen LogP contribution in [0.3, 0.4) is 0 Å². The Labute approximate surface area is 315 Å². The molecule has 4 aromatic carbocycles. The number of nitrogens with zero attached hydrogens (tertiary/aromatic N) is 2. The number of anilines is 1. The van der Waals surface area contributed by atoms with Crippen molar-refractivity contribution in [1.29, 1.82) is 0 Å². The molecule has 0 radical (unpaired) electrons. The molecule has 4 aliphatic rings. The standard InChI is InChI=1S/C46H34N2O7/c49-25-30-19-22-38(54-30)41-31-20-21-32-40(45(53)48(44(32)52)29-17-15-27(16-18-29)43-47-36-13-7-8-14-37(36)55-43)34(31)23-35-42(51)33(26-9-3-1-4-10-26)24-39(50)46(35,41)28-11-5-2-6-12-28/h1-20,22,24,32,34-35,40-41,49H,21,23,25H2. The average molecular weight is 727 g/mol. The number of hydrogen-bond acceptors (Lipinski definition) is 8. The lowest BCUT2D eigenvalue weighted by Crippen LogP contribution is -2.58. The molecule has 1 N–H and O–H groups in total. The van der Waals surface area contributed by atoms with Crippen LogP contribution in [-0.2, 0) is 31.2 Å². The molecule has 2 aromatic heterocycles. The number of aliphatic hydroxyl groups excluding tert-OH is 1. The number of furan rings is 1. The molecule has 1 aliphatic heterocycles. The van der Waals surface area contributed by atoms with E-state index in [0.29, 0.717) is 50.9 Å². The Morgan fingerprint density at radius 1 is 0.745 bits per heavy atom. The van der Waals surface area contributed by atoms with E-state index in [-0.39, 0.29) is 42.8 Å². The number of amides is 2. The number of carbonyl (C=O) groups is 4. The Morgan fingerprint density at radius 3 is 2.20 bits per heavy atom. The first-order valence-electron chi connectivity index (χ1n) is 18.5. The van der Waals surface area contributed by atoms with Gasteiger partial charge in [-0.2, -0.15) is 0 Å². The Kier molecular flexibility index (Phi) is 7.57. The molecule has 55 heavy (non-hydrogen) atoms. The van der Waals surface area contributed by atoms with E-state index in [4.69, 9.17) is 8.83 Å². The third-order valence-electron chi connectivity index (χ3n) is 12.2. The molecule has 6 aromatic rings. The molecule has 6 unspecified atom stereocenters. The SMILES string of the molecule is O=C1C(c2ccccc2)=CC(=O)C2(c3ccccc3)C1CC1C(=CCC3C(=O)N(c4ccc(-c5nc6ccccc6o5)cc4)C(=O)C31)C2c1ccc(CO)o1. The smallest absolute Gasteiger partial charge is 0.238 e. The maximum atomic E-state index is 15.1. The fourth-order valence-electron chi connectivity index (χ4n) is 9.82. The first kappa shape index (κ1) is 33.1. The Balaban J connectivity index is 1.08. The zero-order chi connectivity index (χ0) is 37.4. The number of carbonyl (C=O) groups excluding carboxylic acids is 4. The summed E-state index contributed by atoms with van der Waals surface area (Å²) in [5.41, 5.74) is 3.57. The highest BCUT2D eigenvalue weighted by Crippen LogP contribution is 2.64. The van der Waals surface area contributed by atoms with Crippen LogP contribution in [0.5, 0.6) is 0 Å². The number of hydrogen-bond donors (Lipinski definition) is 1. The van der Waals surface area contributed by atoms with Crippen LogP contribution in [0.2, 0.25) is 0 Å². The number of Topliss-reactive ketones (excluding diaryl/α,β-unsaturated/α-hetero) is 1. The van der Waals surface area contributed by atoms with Crippen LogP contribution in [-0.4, -0.2) is 33.5 Å². The van der Waals surface area contributed by atoms with E-state index in [1.807, 2.05) is 91.0 Å². The zero-order valence-electron chi connectivity index (χ0n) is 29.5. The second-order valence-electron chi connectivity index (χ2n) is 14.8. The molecule has 1 saturated heterocycles. The Bertz CT molecular complexity index is 2570. The van der Waals surface area contributed by atoms with Gasteiger partial charge >= 0.3 is 0 Å². The normalized spacial score (nSPS) is 26.1. The number of para-hydroxylation sites is 2. The second-order valence-corrected chi connectivity index (χ2v) is 14.8. The minimum Gasteiger partial charge on any atom is -0.463 e. The van der Waals surface area contributed by atoms with Crippen molar-refractivity contribution in [1.82, 2.24) is 4.98 Å². The van der Waals surface area contributed by atoms with Crippen molar-refractivity contribution in [3.05, 3.63) is 162 Å². The molecular formula is C46H34N2O7. The fraction of sp³-hybridized carbons (Fsp3) is 0.196. The molecule has 1 saturated carbocycles. The molecule has 3 aliphatic carbocycles. The van der Waals surface area contributed by atoms with Crippen molar-refractivity contribution in [3.63, 3.8) is 0 Å². The van der Waals surface area contributed by atoms with E-state index in [1.54, 1.807) is 36.4 Å². The lowest BCUT2D eigenvalue weighted by Gasteiger charge is -2.54. The van der Waals surface area contributed by atoms with Crippen LogP contribution in [0.25, 0.3) is 28.1 Å². The van der Waals surface area contributed by atoms with Crippen LogP contribution in [0, 0.1) is 23.7 Å². The zero-order valence-corrected chi connectivity index (χ0v) is 29.5. The highest BCUT2D eigenvalue weighted by atomic mass is 16.4. The minimum absolute atomic E-state index is 0.185. The van der Waals surface area contributed by atoms with Gasteiger partial charge in [0.15, 0.2) is 17.1 Å². The number of fused-ring (bicyclic) bond motifs is 5. The van der Waals surface area contributed by atoms with Gasteiger partial charge in [-0.3, -0.25) is 24.1 Å². The molecule has 270 valence electrons. The van der Waals surface area contributed by atoms with E-state index in [0.717, 1.165) is 11.1 Å². The minimum atomic E-state index is -1.40. The van der Waals surface area contributed by atoms with E-state index in [2.05, 4.69) is 4.98 Å². The quantitative estimate of drug-likeness (QED) is 0.137. The van der Waals surface area contributed by atoms with E-state index < -0.39 is 35.0 Å². The number of imide groups is 1. The Hall–Kier alpha value is -6.45. The van der Waals surface area contributed by atoms with Crippen LogP contribution in [0.1, 0.15) is 41.4 Å². The number of allylic oxidation sites excluding steroid dienone is 4. The summed E-state index contributed by atoms with van der Waals surface area (Å²) < 4.78 is 12.2. The average Bonchev–Trinajstić information content (AvgIpc) is 3.95. The highest BCUT2D eigenvalue weighted by molar-refractivity contribution is 6.32. The van der Waals surface area contributed by atoms with Crippen molar-refractivity contribution in [2.24, 2.45) is 23.7 Å². The number of aliphatic hydroxyl groups is 1. The summed E-state index contributed by atoms with van der Waals surface area (Å²) in [5, 5.41) is 10.1. The van der Waals surface area contributed by atoms with Gasteiger partial charge < -0.3 is 13.9 Å². The van der Waals surface area contributed by atoms with Crippen LogP contribution in [0.15, 0.2) is 148 Å². The summed E-state index contributed by atoms with van der Waals surface area (Å²) in [4.78, 5) is 65.0. The van der Waals surface area contributed by atoms with E-state index >= 15 is 9.59 Å². The van der Waals surface area contributed by atoms with E-state index in [1.165, 1.54) is 11.0 Å². The maximum absolute atomic E-state index is 15.1. The molecular weight excluding hydrogens is 693 g/mol. The summed E-state index contributed by atoms with van der Waals surface area (Å²) in [6.07, 6.45) is 3.94. The molecule has 0 spiro atoms. The Morgan fingerprint density at radius 2 is 1.47 bits per heavy atom. The first-order valence-corrected chi connectivity index (χ1v) is 18.5. The predicted octanol–water partition coefficient (Wildman–Crippen LogP) is 7.61. The van der Waals surface area contributed by atoms with Gasteiger partial charge in [-0.05, 0) is 84.5 Å². The van der Waals surface area contributed by atoms with Gasteiger partial charge in [-0.25, -0.2) is 4.98 Å². The predicted molar refractivity (Wildman–Crippen MR) is 203 cm³/mol. The molecule has 0 bridgehead atoms. The third kappa shape index (κ3) is 4.86. The first-order chi connectivity index (χ1) is 26.9. The summed E-state index contributed by atoms with van der Waals surface area (Å²) in [5.74, 6) is -3.50. The van der Waals surface area contributed by atoms with Crippen molar-refractivity contribution < 1.29 is 33.1 Å². The second kappa shape index (κ2) is 12.6. The topological polar surface area (TPSA) is 131 Å². The largest absolute Gasteiger partial charge is 0.463 e. The molecule has 2 fully saturated rings. The number of aromatic nitrogens is 1. The number of benzene rings is 4. The van der Waals surface area contributed by atoms with Gasteiger partial charge in [0.25, 0.3) is 0 Å². The number of ketones is 2. The molecule has 10 rings (SSSR count). The van der Waals surface area contributed by atoms with Crippen LogP contribution in [0.4, 0.5) is 5.69 Å². The summed E-state index contributed by atoms with van der Waals surface area (Å²) in [6.45, 7) is -0.347. The number of rotatable bonds is 6. The van der Waals surface area contributed by atoms with Gasteiger partial charge in [0.1, 0.15) is 23.6 Å². The summed E-state index contributed by atoms with van der Waals surface area (Å²) in [6, 6.07) is 36.5. The number of oxazole rings is 1. The molecule has 6 atom stereocenters. The van der Waals surface area contributed by atoms with Crippen molar-refractivity contribution in [3.8, 4) is 11.5 Å². The maximum Gasteiger partial charge on any atom is 0.238 e. The van der Waals surface area contributed by atoms with Crippen molar-refractivity contribution in [2.45, 2.75) is 30.8 Å². The lowest BCUT2D eigenvalue weighted by atomic mass is 9.45. The van der Waals surface area contributed by atoms with Gasteiger partial charge in [0.05, 0.1) is 28.9 Å². The fourth-order valence-corrected chi connectivity index (χ4v) is 9.82. The molecule has 9 heteroatoms. The van der Waals surface area contributed by atoms with Gasteiger partial charge in [0, 0.05) is 17.1 Å². The monoisotopic (exact) mass is 726 g/mol. The molecule has 3 heterocycles. The van der Waals surface area contributed by atoms with Crippen LogP contribution < -0.4 is 4.90 Å². The molecule has 2 amide bonds. The van der Waals surface area contributed by atoms with Gasteiger partial charge in [-0.15, -0.1) is 0 Å².